The molecule has 0 fully saturated rings. The van der Waals surface area contributed by atoms with Crippen molar-refractivity contribution in [3.63, 3.8) is 0 Å². The van der Waals surface area contributed by atoms with Gasteiger partial charge in [-0.3, -0.25) is 4.40 Å². The normalized spacial score (nSPS) is 16.2. The minimum Gasteiger partial charge on any atom is -0.309 e. The third-order valence-corrected chi connectivity index (χ3v) is 12.3. The second-order valence-electron chi connectivity index (χ2n) is 12.0. The van der Waals surface area contributed by atoms with Crippen LogP contribution in [-0.4, -0.2) is 9.38 Å². The number of pyridine rings is 1. The van der Waals surface area contributed by atoms with E-state index in [1.165, 1.54) is 27.4 Å². The molecule has 2 unspecified atom stereocenters. The second kappa shape index (κ2) is 10.5. The largest absolute Gasteiger partial charge is 0.309 e. The number of allylic oxidation sites excluding steroid dienone is 1. The number of aromatic nitrogens is 2. The summed E-state index contributed by atoms with van der Waals surface area (Å²) >= 11 is 0. The van der Waals surface area contributed by atoms with Crippen molar-refractivity contribution in [2.45, 2.75) is 32.6 Å². The molecule has 5 aromatic carbocycles. The summed E-state index contributed by atoms with van der Waals surface area (Å²) in [5, 5.41) is 6.14. The highest BCUT2D eigenvalue weighted by atomic mass is 31.2. The van der Waals surface area contributed by atoms with Gasteiger partial charge in [0.15, 0.2) is 7.14 Å². The highest BCUT2D eigenvalue weighted by Crippen LogP contribution is 2.43. The van der Waals surface area contributed by atoms with Gasteiger partial charge in [0.25, 0.3) is 0 Å². The van der Waals surface area contributed by atoms with Crippen molar-refractivity contribution in [3.05, 3.63) is 144 Å². The van der Waals surface area contributed by atoms with Crippen LogP contribution < -0.4 is 15.9 Å². The molecule has 0 saturated carbocycles. The van der Waals surface area contributed by atoms with E-state index in [0.29, 0.717) is 5.92 Å². The van der Waals surface area contributed by atoms with Crippen molar-refractivity contribution >= 4 is 56.5 Å². The molecule has 1 aliphatic rings. The highest BCUT2D eigenvalue weighted by Gasteiger charge is 2.30. The predicted molar refractivity (Wildman–Crippen MR) is 186 cm³/mol. The Labute approximate surface area is 257 Å². The van der Waals surface area contributed by atoms with Crippen molar-refractivity contribution in [1.29, 1.82) is 0 Å². The Balaban J connectivity index is 1.29. The molecule has 0 amide bonds. The third-order valence-electron chi connectivity index (χ3n) is 9.20. The van der Waals surface area contributed by atoms with Crippen LogP contribution in [-0.2, 0) is 4.57 Å². The topological polar surface area (TPSA) is 34.4 Å². The second-order valence-corrected chi connectivity index (χ2v) is 14.8. The maximum atomic E-state index is 15.0. The van der Waals surface area contributed by atoms with Gasteiger partial charge in [-0.2, -0.15) is 0 Å². The summed E-state index contributed by atoms with van der Waals surface area (Å²) in [5.74, 6) is 0.417. The van der Waals surface area contributed by atoms with Gasteiger partial charge in [-0.15, -0.1) is 0 Å². The minimum atomic E-state index is -3.04. The van der Waals surface area contributed by atoms with Crippen LogP contribution in [0.25, 0.3) is 44.5 Å². The van der Waals surface area contributed by atoms with Crippen LogP contribution in [0.3, 0.4) is 0 Å². The van der Waals surface area contributed by atoms with Crippen LogP contribution in [0, 0.1) is 6.92 Å². The van der Waals surface area contributed by atoms with E-state index >= 15 is 0 Å². The summed E-state index contributed by atoms with van der Waals surface area (Å²) in [6.45, 7) is 4.37. The quantitative estimate of drug-likeness (QED) is 0.152. The number of hydrogen-bond acceptors (Lipinski definition) is 2. The number of imidazole rings is 1. The van der Waals surface area contributed by atoms with E-state index in [2.05, 4.69) is 109 Å². The molecule has 7 aromatic rings. The van der Waals surface area contributed by atoms with Crippen LogP contribution in [0.15, 0.2) is 127 Å². The molecule has 2 atom stereocenters. The van der Waals surface area contributed by atoms with Crippen LogP contribution >= 0.6 is 7.14 Å². The summed E-state index contributed by atoms with van der Waals surface area (Å²) in [7, 11) is -3.04. The van der Waals surface area contributed by atoms with E-state index in [0.717, 1.165) is 56.8 Å². The Morgan fingerprint density at radius 2 is 1.41 bits per heavy atom. The average molecular weight is 589 g/mol. The lowest BCUT2D eigenvalue weighted by Crippen LogP contribution is -2.25. The zero-order chi connectivity index (χ0) is 29.8. The van der Waals surface area contributed by atoms with E-state index in [1.807, 2.05) is 42.5 Å². The Morgan fingerprint density at radius 1 is 0.705 bits per heavy atom. The van der Waals surface area contributed by atoms with Crippen molar-refractivity contribution < 1.29 is 4.57 Å². The number of benzene rings is 5. The van der Waals surface area contributed by atoms with Gasteiger partial charge in [0.2, 0.25) is 0 Å². The van der Waals surface area contributed by atoms with E-state index in [4.69, 9.17) is 4.98 Å². The van der Waals surface area contributed by atoms with Crippen LogP contribution in [0.4, 0.5) is 0 Å². The van der Waals surface area contributed by atoms with Gasteiger partial charge in [-0.1, -0.05) is 122 Å². The lowest BCUT2D eigenvalue weighted by Gasteiger charge is -2.21. The number of nitrogens with zero attached hydrogens (tertiary/aromatic N) is 2. The maximum Gasteiger partial charge on any atom is 0.171 e. The standard InChI is InChI=1S/C40H33N2OP/c1-27-11-10-15-33(25-27)44(43,31-13-4-3-5-14-31)32-22-19-29(20-23-32)30-21-24-38-36(26-30)34-16-7-8-17-35(34)40-41-37-18-9-6-12-28(2)39(37)42(38)40/h3-5,7-11,13-26,28H,6,12H2,1-2H3. The van der Waals surface area contributed by atoms with Crippen molar-refractivity contribution in [1.82, 2.24) is 9.38 Å². The Bertz CT molecular complexity index is 2280. The molecule has 0 radical (unpaired) electrons. The monoisotopic (exact) mass is 588 g/mol. The minimum absolute atomic E-state index is 0.417. The molecule has 8 rings (SSSR count). The number of hydrogen-bond donors (Lipinski definition) is 0. The first-order valence-corrected chi connectivity index (χ1v) is 17.1. The number of aryl methyl sites for hydroxylation is 1. The fourth-order valence-electron chi connectivity index (χ4n) is 6.96. The van der Waals surface area contributed by atoms with E-state index in [-0.39, 0.29) is 0 Å². The first-order chi connectivity index (χ1) is 21.5. The van der Waals surface area contributed by atoms with E-state index in [1.54, 1.807) is 0 Å². The zero-order valence-electron chi connectivity index (χ0n) is 24.9. The van der Waals surface area contributed by atoms with Gasteiger partial charge >= 0.3 is 0 Å². The summed E-state index contributed by atoms with van der Waals surface area (Å²) < 4.78 is 17.4. The maximum absolute atomic E-state index is 15.0. The summed E-state index contributed by atoms with van der Waals surface area (Å²) in [5.41, 5.74) is 7.94. The van der Waals surface area contributed by atoms with Crippen LogP contribution in [0.5, 0.6) is 0 Å². The van der Waals surface area contributed by atoms with Crippen molar-refractivity contribution in [2.75, 3.05) is 0 Å². The summed E-state index contributed by atoms with van der Waals surface area (Å²) in [6.07, 6.45) is 6.65. The van der Waals surface area contributed by atoms with E-state index < -0.39 is 7.14 Å². The SMILES string of the molecule is Cc1cccc(P(=O)(c2ccccc2)c2ccc(-c3ccc4c(c3)c3ccccc3c3nc5c(n43)C(C)CCC=C5)cc2)c1. The first kappa shape index (κ1) is 26.9. The highest BCUT2D eigenvalue weighted by molar-refractivity contribution is 7.85. The van der Waals surface area contributed by atoms with Gasteiger partial charge in [-0.25, -0.2) is 4.98 Å². The molecule has 2 aromatic heterocycles. The van der Waals surface area contributed by atoms with Crippen LogP contribution in [0.2, 0.25) is 0 Å². The first-order valence-electron chi connectivity index (χ1n) is 15.4. The molecule has 0 aliphatic heterocycles. The predicted octanol–water partition coefficient (Wildman–Crippen LogP) is 9.17. The van der Waals surface area contributed by atoms with Crippen LogP contribution in [0.1, 0.15) is 42.6 Å². The molecule has 44 heavy (non-hydrogen) atoms. The van der Waals surface area contributed by atoms with Crippen molar-refractivity contribution in [3.8, 4) is 11.1 Å². The molecule has 4 heteroatoms. The average Bonchev–Trinajstić information content (AvgIpc) is 3.37. The van der Waals surface area contributed by atoms with Crippen molar-refractivity contribution in [2.24, 2.45) is 0 Å². The number of rotatable bonds is 4. The molecule has 0 spiro atoms. The molecular weight excluding hydrogens is 555 g/mol. The van der Waals surface area contributed by atoms with Gasteiger partial charge in [0, 0.05) is 26.7 Å². The molecule has 2 heterocycles. The Hall–Kier alpha value is -4.72. The Morgan fingerprint density at radius 3 is 2.20 bits per heavy atom. The van der Waals surface area contributed by atoms with Gasteiger partial charge < -0.3 is 4.57 Å². The molecule has 0 saturated heterocycles. The molecule has 0 N–H and O–H groups in total. The van der Waals surface area contributed by atoms with Gasteiger partial charge in [-0.05, 0) is 66.5 Å². The lowest BCUT2D eigenvalue weighted by atomic mass is 9.98. The fourth-order valence-corrected chi connectivity index (χ4v) is 9.70. The molecule has 3 nitrogen and oxygen atoms in total. The van der Waals surface area contributed by atoms with Gasteiger partial charge in [0.1, 0.15) is 5.65 Å². The molecule has 0 bridgehead atoms. The Kier molecular flexibility index (Phi) is 6.40. The molecule has 214 valence electrons. The zero-order valence-corrected chi connectivity index (χ0v) is 25.8. The smallest absolute Gasteiger partial charge is 0.171 e. The number of fused-ring (bicyclic) bond motifs is 8. The van der Waals surface area contributed by atoms with Gasteiger partial charge in [0.05, 0.1) is 16.9 Å². The fraction of sp³-hybridized carbons (Fsp3) is 0.125. The van der Waals surface area contributed by atoms with E-state index in [9.17, 15) is 4.57 Å². The molecule has 1 aliphatic carbocycles. The summed E-state index contributed by atoms with van der Waals surface area (Å²) in [6, 6.07) is 41.8. The molecular formula is C40H33N2OP. The third kappa shape index (κ3) is 4.19. The lowest BCUT2D eigenvalue weighted by molar-refractivity contribution is 0.592. The summed E-state index contributed by atoms with van der Waals surface area (Å²) in [4.78, 5) is 5.16.